The molecule has 0 fully saturated rings. The molecule has 0 bridgehead atoms. The van der Waals surface area contributed by atoms with E-state index in [2.05, 4.69) is 0 Å². The standard InChI is InChI=1S/C22H26FN3O2S2.ClH/c1-4-28-18-6-5-7-19-21(18)24-22(30-19)26(14-13-25(2)3)20(27)12-15-29-17-10-8-16(23)9-11-17;/h5-11H,4,12-15H2,1-3H3;1H. The van der Waals surface area contributed by atoms with Gasteiger partial charge in [0.1, 0.15) is 17.1 Å². The number of hydrogen-bond acceptors (Lipinski definition) is 6. The van der Waals surface area contributed by atoms with Crippen molar-refractivity contribution in [3.8, 4) is 5.75 Å². The molecule has 0 atom stereocenters. The van der Waals surface area contributed by atoms with Crippen molar-refractivity contribution in [2.45, 2.75) is 18.2 Å². The molecular weight excluding hydrogens is 457 g/mol. The van der Waals surface area contributed by atoms with E-state index >= 15 is 0 Å². The number of fused-ring (bicyclic) bond motifs is 1. The summed E-state index contributed by atoms with van der Waals surface area (Å²) in [5, 5.41) is 0.691. The third kappa shape index (κ3) is 7.07. The van der Waals surface area contributed by atoms with E-state index in [1.165, 1.54) is 23.5 Å². The third-order valence-corrected chi connectivity index (χ3v) is 6.43. The van der Waals surface area contributed by atoms with Gasteiger partial charge >= 0.3 is 0 Å². The van der Waals surface area contributed by atoms with Gasteiger partial charge in [-0.2, -0.15) is 0 Å². The normalized spacial score (nSPS) is 10.9. The second-order valence-electron chi connectivity index (χ2n) is 6.93. The molecule has 1 heterocycles. The fourth-order valence-corrected chi connectivity index (χ4v) is 4.72. The van der Waals surface area contributed by atoms with Gasteiger partial charge in [-0.05, 0) is 57.4 Å². The van der Waals surface area contributed by atoms with Crippen LogP contribution >= 0.6 is 35.5 Å². The van der Waals surface area contributed by atoms with Crippen LogP contribution in [0.4, 0.5) is 9.52 Å². The molecule has 3 aromatic rings. The molecule has 9 heteroatoms. The van der Waals surface area contributed by atoms with Gasteiger partial charge in [-0.3, -0.25) is 9.69 Å². The highest BCUT2D eigenvalue weighted by molar-refractivity contribution is 7.99. The van der Waals surface area contributed by atoms with Gasteiger partial charge in [0.05, 0.1) is 11.3 Å². The lowest BCUT2D eigenvalue weighted by molar-refractivity contribution is -0.118. The Morgan fingerprint density at radius 1 is 1.16 bits per heavy atom. The van der Waals surface area contributed by atoms with E-state index in [1.54, 1.807) is 28.8 Å². The number of ether oxygens (including phenoxy) is 1. The maximum Gasteiger partial charge on any atom is 0.229 e. The first kappa shape index (κ1) is 25.4. The van der Waals surface area contributed by atoms with Crippen LogP contribution in [0, 0.1) is 5.82 Å². The molecule has 0 saturated heterocycles. The second kappa shape index (κ2) is 12.2. The highest BCUT2D eigenvalue weighted by Crippen LogP contribution is 2.34. The Morgan fingerprint density at radius 3 is 2.58 bits per heavy atom. The minimum Gasteiger partial charge on any atom is -0.492 e. The van der Waals surface area contributed by atoms with E-state index in [9.17, 15) is 9.18 Å². The van der Waals surface area contributed by atoms with Gasteiger partial charge in [0.2, 0.25) is 5.91 Å². The minimum atomic E-state index is -0.257. The van der Waals surface area contributed by atoms with Crippen molar-refractivity contribution in [1.82, 2.24) is 9.88 Å². The average Bonchev–Trinajstić information content (AvgIpc) is 3.14. The molecule has 0 aliphatic heterocycles. The molecule has 0 unspecified atom stereocenters. The summed E-state index contributed by atoms with van der Waals surface area (Å²) in [6, 6.07) is 12.2. The number of rotatable bonds is 10. The molecule has 3 rings (SSSR count). The van der Waals surface area contributed by atoms with Gasteiger partial charge < -0.3 is 9.64 Å². The van der Waals surface area contributed by atoms with Crippen LogP contribution in [0.5, 0.6) is 5.75 Å². The highest BCUT2D eigenvalue weighted by Gasteiger charge is 2.21. The van der Waals surface area contributed by atoms with E-state index < -0.39 is 0 Å². The first-order chi connectivity index (χ1) is 14.5. The molecule has 31 heavy (non-hydrogen) atoms. The van der Waals surface area contributed by atoms with Gasteiger partial charge in [0, 0.05) is 30.2 Å². The summed E-state index contributed by atoms with van der Waals surface area (Å²) < 4.78 is 19.8. The van der Waals surface area contributed by atoms with Gasteiger partial charge in [-0.15, -0.1) is 24.2 Å². The lowest BCUT2D eigenvalue weighted by Gasteiger charge is -2.22. The first-order valence-corrected chi connectivity index (χ1v) is 11.6. The predicted molar refractivity (Wildman–Crippen MR) is 131 cm³/mol. The zero-order valence-corrected chi connectivity index (χ0v) is 20.3. The summed E-state index contributed by atoms with van der Waals surface area (Å²) in [5.41, 5.74) is 0.794. The molecule has 1 aromatic heterocycles. The maximum absolute atomic E-state index is 13.1. The van der Waals surface area contributed by atoms with Crippen LogP contribution in [0.1, 0.15) is 13.3 Å². The Bertz CT molecular complexity index is 983. The fraction of sp³-hybridized carbons (Fsp3) is 0.364. The predicted octanol–water partition coefficient (Wildman–Crippen LogP) is 5.33. The second-order valence-corrected chi connectivity index (χ2v) is 9.11. The van der Waals surface area contributed by atoms with Crippen molar-refractivity contribution in [3.63, 3.8) is 0 Å². The SMILES string of the molecule is CCOc1cccc2sc(N(CCN(C)C)C(=O)CCSc3ccc(F)cc3)nc12.Cl. The molecule has 0 saturated carbocycles. The number of likely N-dealkylation sites (N-methyl/N-ethyl adjacent to an activating group) is 1. The Balaban J connectivity index is 0.00000341. The summed E-state index contributed by atoms with van der Waals surface area (Å²) in [6.45, 7) is 3.82. The molecule has 1 amide bonds. The van der Waals surface area contributed by atoms with Gasteiger partial charge in [0.15, 0.2) is 5.13 Å². The van der Waals surface area contributed by atoms with E-state index in [-0.39, 0.29) is 24.1 Å². The average molecular weight is 484 g/mol. The number of para-hydroxylation sites is 1. The van der Waals surface area contributed by atoms with Crippen LogP contribution in [-0.4, -0.2) is 55.3 Å². The van der Waals surface area contributed by atoms with Crippen LogP contribution in [0.2, 0.25) is 0 Å². The highest BCUT2D eigenvalue weighted by atomic mass is 35.5. The molecule has 0 aliphatic rings. The molecule has 0 radical (unpaired) electrons. The molecule has 2 aromatic carbocycles. The number of thiazole rings is 1. The Morgan fingerprint density at radius 2 is 1.90 bits per heavy atom. The lowest BCUT2D eigenvalue weighted by Crippen LogP contribution is -2.36. The van der Waals surface area contributed by atoms with Crippen LogP contribution in [0.25, 0.3) is 10.2 Å². The van der Waals surface area contributed by atoms with Crippen molar-refractivity contribution < 1.29 is 13.9 Å². The lowest BCUT2D eigenvalue weighted by atomic mass is 10.3. The van der Waals surface area contributed by atoms with Gasteiger partial charge in [-0.1, -0.05) is 17.4 Å². The van der Waals surface area contributed by atoms with Crippen molar-refractivity contribution in [2.24, 2.45) is 0 Å². The minimum absolute atomic E-state index is 0. The molecule has 0 N–H and O–H groups in total. The Kier molecular flexibility index (Phi) is 10.0. The molecule has 0 spiro atoms. The van der Waals surface area contributed by atoms with E-state index in [1.807, 2.05) is 44.1 Å². The maximum atomic E-state index is 13.1. The third-order valence-electron chi connectivity index (χ3n) is 4.37. The molecule has 5 nitrogen and oxygen atoms in total. The van der Waals surface area contributed by atoms with Crippen molar-refractivity contribution in [3.05, 3.63) is 48.3 Å². The summed E-state index contributed by atoms with van der Waals surface area (Å²) >= 11 is 3.05. The quantitative estimate of drug-likeness (QED) is 0.364. The summed E-state index contributed by atoms with van der Waals surface area (Å²) in [7, 11) is 3.97. The zero-order valence-electron chi connectivity index (χ0n) is 17.8. The number of halogens is 2. The topological polar surface area (TPSA) is 45.7 Å². The number of aromatic nitrogens is 1. The van der Waals surface area contributed by atoms with E-state index in [4.69, 9.17) is 9.72 Å². The van der Waals surface area contributed by atoms with Gasteiger partial charge in [-0.25, -0.2) is 9.37 Å². The largest absolute Gasteiger partial charge is 0.492 e. The van der Waals surface area contributed by atoms with Crippen LogP contribution in [-0.2, 0) is 4.79 Å². The van der Waals surface area contributed by atoms with Crippen molar-refractivity contribution >= 4 is 56.8 Å². The number of nitrogens with zero attached hydrogens (tertiary/aromatic N) is 3. The monoisotopic (exact) mass is 483 g/mol. The smallest absolute Gasteiger partial charge is 0.229 e. The molecule has 0 aliphatic carbocycles. The van der Waals surface area contributed by atoms with Crippen LogP contribution in [0.15, 0.2) is 47.4 Å². The Hall–Kier alpha value is -1.87. The fourth-order valence-electron chi connectivity index (χ4n) is 2.85. The van der Waals surface area contributed by atoms with Crippen LogP contribution < -0.4 is 9.64 Å². The van der Waals surface area contributed by atoms with E-state index in [0.29, 0.717) is 30.5 Å². The number of thioether (sulfide) groups is 1. The van der Waals surface area contributed by atoms with E-state index in [0.717, 1.165) is 27.4 Å². The molecular formula is C22H27ClFN3O2S2. The van der Waals surface area contributed by atoms with Gasteiger partial charge in [0.25, 0.3) is 0 Å². The summed E-state index contributed by atoms with van der Waals surface area (Å²) in [5.74, 6) is 1.14. The van der Waals surface area contributed by atoms with Crippen LogP contribution in [0.3, 0.4) is 0 Å². The Labute approximate surface area is 197 Å². The molecule has 168 valence electrons. The number of carbonyl (C=O) groups is 1. The number of anilines is 1. The van der Waals surface area contributed by atoms with Crippen molar-refractivity contribution in [1.29, 1.82) is 0 Å². The number of carbonyl (C=O) groups excluding carboxylic acids is 1. The number of benzene rings is 2. The number of amides is 1. The first-order valence-electron chi connectivity index (χ1n) is 9.83. The zero-order chi connectivity index (χ0) is 21.5. The summed E-state index contributed by atoms with van der Waals surface area (Å²) in [6.07, 6.45) is 0.379. The van der Waals surface area contributed by atoms with Crippen molar-refractivity contribution in [2.75, 3.05) is 44.4 Å². The summed E-state index contributed by atoms with van der Waals surface area (Å²) in [4.78, 5) is 22.6. The number of hydrogen-bond donors (Lipinski definition) is 0.